The lowest BCUT2D eigenvalue weighted by molar-refractivity contribution is -0.274. The molecule has 2 saturated carbocycles. The van der Waals surface area contributed by atoms with Crippen molar-refractivity contribution in [3.05, 3.63) is 42.0 Å². The fourth-order valence-corrected chi connectivity index (χ4v) is 5.40. The summed E-state index contributed by atoms with van der Waals surface area (Å²) in [6, 6.07) is 10.8. The van der Waals surface area contributed by atoms with Gasteiger partial charge in [0.1, 0.15) is 5.75 Å². The molecule has 2 aromatic rings. The molecule has 2 aromatic carbocycles. The zero-order valence-corrected chi connectivity index (χ0v) is 15.8. The van der Waals surface area contributed by atoms with E-state index in [0.29, 0.717) is 11.3 Å². The summed E-state index contributed by atoms with van der Waals surface area (Å²) in [7, 11) is 0. The zero-order chi connectivity index (χ0) is 19.0. The Hall–Kier alpha value is -1.71. The maximum Gasteiger partial charge on any atom is 0.573 e. The molecule has 0 amide bonds. The van der Waals surface area contributed by atoms with Gasteiger partial charge in [0.05, 0.1) is 0 Å². The van der Waals surface area contributed by atoms with Gasteiger partial charge in [0.25, 0.3) is 0 Å². The quantitative estimate of drug-likeness (QED) is 0.540. The van der Waals surface area contributed by atoms with Crippen molar-refractivity contribution < 1.29 is 17.9 Å². The van der Waals surface area contributed by atoms with Crippen LogP contribution in [0.5, 0.6) is 5.75 Å². The summed E-state index contributed by atoms with van der Waals surface area (Å²) in [5, 5.41) is 1.35. The number of hydrogen-bond donors (Lipinski definition) is 0. The lowest BCUT2D eigenvalue weighted by Gasteiger charge is -2.42. The highest BCUT2D eigenvalue weighted by molar-refractivity contribution is 5.89. The lowest BCUT2D eigenvalue weighted by Crippen LogP contribution is -2.30. The number of fused-ring (bicyclic) bond motifs is 2. The second-order valence-corrected chi connectivity index (χ2v) is 8.40. The van der Waals surface area contributed by atoms with Gasteiger partial charge in [-0.15, -0.1) is 13.2 Å². The first-order valence-corrected chi connectivity index (χ1v) is 10.2. The average Bonchev–Trinajstić information content (AvgIpc) is 2.66. The van der Waals surface area contributed by atoms with Crippen LogP contribution in [0.3, 0.4) is 0 Å². The van der Waals surface area contributed by atoms with Gasteiger partial charge in [-0.05, 0) is 72.8 Å². The number of hydrogen-bond acceptors (Lipinski definition) is 1. The first-order chi connectivity index (χ1) is 12.9. The molecule has 2 fully saturated rings. The molecule has 146 valence electrons. The molecule has 4 rings (SSSR count). The van der Waals surface area contributed by atoms with E-state index in [-0.39, 0.29) is 5.75 Å². The minimum Gasteiger partial charge on any atom is -0.405 e. The van der Waals surface area contributed by atoms with Crippen LogP contribution in [0.1, 0.15) is 63.4 Å². The Bertz CT molecular complexity index is 798. The summed E-state index contributed by atoms with van der Waals surface area (Å²) in [5.41, 5.74) is 1.27. The highest BCUT2D eigenvalue weighted by Gasteiger charge is 2.35. The summed E-state index contributed by atoms with van der Waals surface area (Å²) < 4.78 is 42.1. The molecule has 4 atom stereocenters. The molecule has 0 bridgehead atoms. The van der Waals surface area contributed by atoms with Crippen LogP contribution in [0.15, 0.2) is 36.4 Å². The molecule has 27 heavy (non-hydrogen) atoms. The monoisotopic (exact) mass is 376 g/mol. The molecule has 0 radical (unpaired) electrons. The Balaban J connectivity index is 1.53. The average molecular weight is 376 g/mol. The van der Waals surface area contributed by atoms with Gasteiger partial charge in [0.2, 0.25) is 0 Å². The molecule has 0 aliphatic heterocycles. The third-order valence-corrected chi connectivity index (χ3v) is 6.86. The lowest BCUT2D eigenvalue weighted by atomic mass is 9.63. The molecule has 0 aromatic heterocycles. The number of halogens is 3. The molecule has 2 aliphatic carbocycles. The predicted molar refractivity (Wildman–Crippen MR) is 102 cm³/mol. The molecule has 0 N–H and O–H groups in total. The van der Waals surface area contributed by atoms with Crippen molar-refractivity contribution in [3.8, 4) is 5.75 Å². The number of alkyl halides is 3. The Morgan fingerprint density at radius 3 is 2.52 bits per heavy atom. The summed E-state index contributed by atoms with van der Waals surface area (Å²) in [6.07, 6.45) is 4.46. The van der Waals surface area contributed by atoms with E-state index in [1.165, 1.54) is 56.6 Å². The Morgan fingerprint density at radius 2 is 1.74 bits per heavy atom. The Morgan fingerprint density at radius 1 is 0.963 bits per heavy atom. The maximum absolute atomic E-state index is 12.6. The van der Waals surface area contributed by atoms with Crippen molar-refractivity contribution in [2.75, 3.05) is 0 Å². The number of benzene rings is 2. The van der Waals surface area contributed by atoms with Crippen LogP contribution in [0, 0.1) is 17.8 Å². The van der Waals surface area contributed by atoms with Gasteiger partial charge in [0, 0.05) is 5.39 Å². The molecular formula is C23H27F3O. The van der Waals surface area contributed by atoms with Crippen LogP contribution in [0.4, 0.5) is 13.2 Å². The van der Waals surface area contributed by atoms with E-state index in [1.807, 2.05) is 12.1 Å². The van der Waals surface area contributed by atoms with Crippen LogP contribution in [-0.4, -0.2) is 6.36 Å². The first kappa shape index (κ1) is 18.6. The summed E-state index contributed by atoms with van der Waals surface area (Å²) in [4.78, 5) is 0. The second-order valence-electron chi connectivity index (χ2n) is 8.40. The third kappa shape index (κ3) is 4.09. The topological polar surface area (TPSA) is 9.23 Å². The second kappa shape index (κ2) is 7.37. The molecule has 4 heteroatoms. The molecule has 0 saturated heterocycles. The van der Waals surface area contributed by atoms with E-state index in [1.54, 1.807) is 12.1 Å². The highest BCUT2D eigenvalue weighted by atomic mass is 19.4. The van der Waals surface area contributed by atoms with E-state index >= 15 is 0 Å². The van der Waals surface area contributed by atoms with Crippen molar-refractivity contribution in [2.24, 2.45) is 17.8 Å². The standard InChI is InChI=1S/C23H27F3O/c1-2-15-6-7-17-13-18(9-8-16(17)12-15)19-10-11-21-20(14-19)4-3-5-22(21)27-23(24,25)26/h3-5,10-11,14-18H,2,6-9,12-13H2,1H3. The molecular weight excluding hydrogens is 349 g/mol. The van der Waals surface area contributed by atoms with E-state index < -0.39 is 6.36 Å². The van der Waals surface area contributed by atoms with Gasteiger partial charge < -0.3 is 4.74 Å². The van der Waals surface area contributed by atoms with Crippen LogP contribution < -0.4 is 4.74 Å². The highest BCUT2D eigenvalue weighted by Crippen LogP contribution is 2.48. The van der Waals surface area contributed by atoms with Gasteiger partial charge in [-0.25, -0.2) is 0 Å². The Labute approximate surface area is 158 Å². The third-order valence-electron chi connectivity index (χ3n) is 6.86. The number of ether oxygens (including phenoxy) is 1. The van der Waals surface area contributed by atoms with Crippen molar-refractivity contribution in [1.29, 1.82) is 0 Å². The fourth-order valence-electron chi connectivity index (χ4n) is 5.40. The van der Waals surface area contributed by atoms with Crippen LogP contribution in [0.2, 0.25) is 0 Å². The smallest absolute Gasteiger partial charge is 0.405 e. The van der Waals surface area contributed by atoms with Crippen molar-refractivity contribution in [3.63, 3.8) is 0 Å². The van der Waals surface area contributed by atoms with E-state index in [4.69, 9.17) is 0 Å². The van der Waals surface area contributed by atoms with Crippen LogP contribution >= 0.6 is 0 Å². The SMILES string of the molecule is CCC1CCC2CC(c3ccc4c(OC(F)(F)F)cccc4c3)CCC2C1. The van der Waals surface area contributed by atoms with Crippen molar-refractivity contribution in [1.82, 2.24) is 0 Å². The van der Waals surface area contributed by atoms with Crippen molar-refractivity contribution in [2.45, 2.75) is 64.1 Å². The van der Waals surface area contributed by atoms with Crippen molar-refractivity contribution >= 4 is 10.8 Å². The van der Waals surface area contributed by atoms with E-state index in [9.17, 15) is 13.2 Å². The summed E-state index contributed by atoms with van der Waals surface area (Å²) in [6.45, 7) is 2.31. The Kier molecular flexibility index (Phi) is 5.09. The minimum atomic E-state index is -4.66. The largest absolute Gasteiger partial charge is 0.573 e. The van der Waals surface area contributed by atoms with Gasteiger partial charge in [-0.1, -0.05) is 50.1 Å². The summed E-state index contributed by atoms with van der Waals surface area (Å²) >= 11 is 0. The number of rotatable bonds is 3. The van der Waals surface area contributed by atoms with Gasteiger partial charge in [-0.2, -0.15) is 0 Å². The molecule has 0 spiro atoms. The predicted octanol–water partition coefficient (Wildman–Crippen LogP) is 7.45. The molecule has 0 heterocycles. The normalized spacial score (nSPS) is 28.7. The maximum atomic E-state index is 12.6. The van der Waals surface area contributed by atoms with E-state index in [0.717, 1.165) is 23.1 Å². The molecule has 1 nitrogen and oxygen atoms in total. The minimum absolute atomic E-state index is 0.117. The van der Waals surface area contributed by atoms with Gasteiger partial charge in [0.15, 0.2) is 0 Å². The summed E-state index contributed by atoms with van der Waals surface area (Å²) in [5.74, 6) is 3.03. The first-order valence-electron chi connectivity index (χ1n) is 10.2. The fraction of sp³-hybridized carbons (Fsp3) is 0.565. The van der Waals surface area contributed by atoms with Crippen LogP contribution in [0.25, 0.3) is 10.8 Å². The molecule has 4 unspecified atom stereocenters. The van der Waals surface area contributed by atoms with Gasteiger partial charge in [-0.3, -0.25) is 0 Å². The van der Waals surface area contributed by atoms with E-state index in [2.05, 4.69) is 17.7 Å². The van der Waals surface area contributed by atoms with Gasteiger partial charge >= 0.3 is 6.36 Å². The molecule has 2 aliphatic rings. The van der Waals surface area contributed by atoms with Crippen LogP contribution in [-0.2, 0) is 0 Å². The zero-order valence-electron chi connectivity index (χ0n) is 15.8.